The van der Waals surface area contributed by atoms with E-state index in [9.17, 15) is 9.50 Å². The van der Waals surface area contributed by atoms with Crippen LogP contribution in [-0.4, -0.2) is 18.2 Å². The summed E-state index contributed by atoms with van der Waals surface area (Å²) in [6.45, 7) is 1.63. The van der Waals surface area contributed by atoms with E-state index in [1.807, 2.05) is 0 Å². The molecule has 0 amide bonds. The van der Waals surface area contributed by atoms with Crippen LogP contribution in [-0.2, 0) is 13.1 Å². The molecule has 0 saturated carbocycles. The number of phenols is 1. The monoisotopic (exact) mass is 223 g/mol. The third kappa shape index (κ3) is 2.73. The molecule has 1 aromatic rings. The summed E-state index contributed by atoms with van der Waals surface area (Å²) in [5.74, 6) is 0.859. The molecule has 88 valence electrons. The van der Waals surface area contributed by atoms with Gasteiger partial charge in [0.25, 0.3) is 0 Å². The Hall–Kier alpha value is -1.09. The van der Waals surface area contributed by atoms with E-state index in [2.05, 4.69) is 5.32 Å². The Morgan fingerprint density at radius 3 is 3.00 bits per heavy atom. The Bertz CT molecular complexity index is 348. The van der Waals surface area contributed by atoms with Crippen molar-refractivity contribution in [1.29, 1.82) is 0 Å². The molecule has 2 nitrogen and oxygen atoms in total. The molecular weight excluding hydrogens is 205 g/mol. The molecule has 0 radical (unpaired) electrons. The van der Waals surface area contributed by atoms with Crippen LogP contribution in [0, 0.1) is 5.92 Å². The largest absolute Gasteiger partial charge is 0.508 e. The van der Waals surface area contributed by atoms with Gasteiger partial charge in [0.05, 0.1) is 0 Å². The zero-order valence-electron chi connectivity index (χ0n) is 9.38. The second-order valence-corrected chi connectivity index (χ2v) is 4.51. The van der Waals surface area contributed by atoms with Crippen molar-refractivity contribution >= 4 is 0 Å². The van der Waals surface area contributed by atoms with Crippen LogP contribution < -0.4 is 5.32 Å². The molecule has 1 fully saturated rings. The fourth-order valence-corrected chi connectivity index (χ4v) is 2.29. The van der Waals surface area contributed by atoms with Gasteiger partial charge in [-0.15, -0.1) is 0 Å². The highest BCUT2D eigenvalue weighted by Crippen LogP contribution is 2.24. The Kier molecular flexibility index (Phi) is 3.78. The van der Waals surface area contributed by atoms with Crippen molar-refractivity contribution in [1.82, 2.24) is 5.32 Å². The molecule has 16 heavy (non-hydrogen) atoms. The zero-order chi connectivity index (χ0) is 11.4. The van der Waals surface area contributed by atoms with Crippen LogP contribution in [0.5, 0.6) is 5.75 Å². The minimum Gasteiger partial charge on any atom is -0.508 e. The molecule has 1 saturated heterocycles. The number of nitrogens with one attached hydrogen (secondary N) is 1. The van der Waals surface area contributed by atoms with E-state index in [-0.39, 0.29) is 0 Å². The molecule has 1 aliphatic rings. The normalized spacial score (nSPS) is 20.9. The standard InChI is InChI=1S/C13H18FNO/c14-8-10-3-4-13(16)12(6-10)7-11-2-1-5-15-9-11/h3-4,6,11,15-16H,1-2,5,7-9H2. The van der Waals surface area contributed by atoms with Crippen molar-refractivity contribution in [3.63, 3.8) is 0 Å². The number of piperidine rings is 1. The lowest BCUT2D eigenvalue weighted by molar-refractivity contribution is 0.369. The van der Waals surface area contributed by atoms with E-state index in [0.717, 1.165) is 25.1 Å². The molecule has 1 heterocycles. The third-order valence-electron chi connectivity index (χ3n) is 3.21. The second-order valence-electron chi connectivity index (χ2n) is 4.51. The maximum absolute atomic E-state index is 12.5. The molecule has 3 heteroatoms. The fraction of sp³-hybridized carbons (Fsp3) is 0.538. The van der Waals surface area contributed by atoms with Gasteiger partial charge in [0.2, 0.25) is 0 Å². The number of hydrogen-bond acceptors (Lipinski definition) is 2. The fourth-order valence-electron chi connectivity index (χ4n) is 2.29. The van der Waals surface area contributed by atoms with Crippen LogP contribution >= 0.6 is 0 Å². The number of halogens is 1. The first-order valence-corrected chi connectivity index (χ1v) is 5.87. The van der Waals surface area contributed by atoms with E-state index >= 15 is 0 Å². The predicted molar refractivity (Wildman–Crippen MR) is 62.2 cm³/mol. The molecule has 1 aromatic carbocycles. The first kappa shape index (κ1) is 11.4. The highest BCUT2D eigenvalue weighted by Gasteiger charge is 2.15. The van der Waals surface area contributed by atoms with Crippen LogP contribution in [0.3, 0.4) is 0 Å². The van der Waals surface area contributed by atoms with E-state index in [4.69, 9.17) is 0 Å². The second kappa shape index (κ2) is 5.30. The Balaban J connectivity index is 2.06. The van der Waals surface area contributed by atoms with Gasteiger partial charge < -0.3 is 10.4 Å². The summed E-state index contributed by atoms with van der Waals surface area (Å²) in [5, 5.41) is 13.1. The quantitative estimate of drug-likeness (QED) is 0.824. The van der Waals surface area contributed by atoms with Gasteiger partial charge in [-0.3, -0.25) is 0 Å². The first-order valence-electron chi connectivity index (χ1n) is 5.87. The summed E-state index contributed by atoms with van der Waals surface area (Å²) in [6.07, 6.45) is 3.22. The molecule has 0 spiro atoms. The van der Waals surface area contributed by atoms with Crippen LogP contribution in [0.2, 0.25) is 0 Å². The summed E-state index contributed by atoms with van der Waals surface area (Å²) in [6, 6.07) is 5.02. The summed E-state index contributed by atoms with van der Waals surface area (Å²) < 4.78 is 12.5. The van der Waals surface area contributed by atoms with Gasteiger partial charge in [-0.05, 0) is 61.5 Å². The number of hydrogen-bond donors (Lipinski definition) is 2. The maximum atomic E-state index is 12.5. The molecule has 0 aromatic heterocycles. The summed E-state index contributed by atoms with van der Waals surface area (Å²) in [4.78, 5) is 0. The minimum atomic E-state index is -0.462. The molecular formula is C13H18FNO. The van der Waals surface area contributed by atoms with Gasteiger partial charge in [-0.25, -0.2) is 4.39 Å². The van der Waals surface area contributed by atoms with Crippen molar-refractivity contribution in [2.24, 2.45) is 5.92 Å². The molecule has 0 aliphatic carbocycles. The first-order chi connectivity index (χ1) is 7.79. The summed E-state index contributed by atoms with van der Waals surface area (Å²) in [7, 11) is 0. The van der Waals surface area contributed by atoms with E-state index in [0.29, 0.717) is 17.2 Å². The van der Waals surface area contributed by atoms with Crippen LogP contribution in [0.15, 0.2) is 18.2 Å². The third-order valence-corrected chi connectivity index (χ3v) is 3.21. The maximum Gasteiger partial charge on any atom is 0.118 e. The number of alkyl halides is 1. The Morgan fingerprint density at radius 1 is 1.44 bits per heavy atom. The van der Waals surface area contributed by atoms with Gasteiger partial charge in [0.15, 0.2) is 0 Å². The SMILES string of the molecule is Oc1ccc(CF)cc1CC1CCCNC1. The number of phenolic OH excluding ortho intramolecular Hbond substituents is 1. The van der Waals surface area contributed by atoms with Crippen molar-refractivity contribution in [3.8, 4) is 5.75 Å². The molecule has 1 atom stereocenters. The number of benzene rings is 1. The highest BCUT2D eigenvalue weighted by atomic mass is 19.1. The lowest BCUT2D eigenvalue weighted by Crippen LogP contribution is -2.30. The molecule has 2 N–H and O–H groups in total. The zero-order valence-corrected chi connectivity index (χ0v) is 9.38. The highest BCUT2D eigenvalue weighted by molar-refractivity contribution is 5.36. The molecule has 0 bridgehead atoms. The van der Waals surface area contributed by atoms with Gasteiger partial charge in [0, 0.05) is 0 Å². The van der Waals surface area contributed by atoms with Gasteiger partial charge in [0.1, 0.15) is 12.4 Å². The van der Waals surface area contributed by atoms with Crippen LogP contribution in [0.1, 0.15) is 24.0 Å². The predicted octanol–water partition coefficient (Wildman–Crippen LogP) is 2.40. The number of rotatable bonds is 3. The lowest BCUT2D eigenvalue weighted by Gasteiger charge is -2.23. The van der Waals surface area contributed by atoms with Crippen molar-refractivity contribution in [2.45, 2.75) is 25.9 Å². The average Bonchev–Trinajstić information content (AvgIpc) is 2.33. The Labute approximate surface area is 95.5 Å². The topological polar surface area (TPSA) is 32.3 Å². The van der Waals surface area contributed by atoms with E-state index in [1.165, 1.54) is 12.8 Å². The van der Waals surface area contributed by atoms with Gasteiger partial charge in [-0.2, -0.15) is 0 Å². The smallest absolute Gasteiger partial charge is 0.118 e. The average molecular weight is 223 g/mol. The van der Waals surface area contributed by atoms with E-state index < -0.39 is 6.67 Å². The van der Waals surface area contributed by atoms with Crippen LogP contribution in [0.4, 0.5) is 4.39 Å². The molecule has 1 aliphatic heterocycles. The van der Waals surface area contributed by atoms with Crippen molar-refractivity contribution in [2.75, 3.05) is 13.1 Å². The van der Waals surface area contributed by atoms with Crippen LogP contribution in [0.25, 0.3) is 0 Å². The van der Waals surface area contributed by atoms with Crippen molar-refractivity contribution in [3.05, 3.63) is 29.3 Å². The summed E-state index contributed by atoms with van der Waals surface area (Å²) in [5.41, 5.74) is 1.53. The lowest BCUT2D eigenvalue weighted by atomic mass is 9.91. The van der Waals surface area contributed by atoms with Gasteiger partial charge >= 0.3 is 0 Å². The van der Waals surface area contributed by atoms with E-state index in [1.54, 1.807) is 18.2 Å². The van der Waals surface area contributed by atoms with Gasteiger partial charge in [-0.1, -0.05) is 6.07 Å². The Morgan fingerprint density at radius 2 is 2.31 bits per heavy atom. The molecule has 2 rings (SSSR count). The minimum absolute atomic E-state index is 0.294. The molecule has 1 unspecified atom stereocenters. The van der Waals surface area contributed by atoms with Crippen molar-refractivity contribution < 1.29 is 9.50 Å². The summed E-state index contributed by atoms with van der Waals surface area (Å²) >= 11 is 0. The number of aromatic hydroxyl groups is 1.